The first-order chi connectivity index (χ1) is 10.5. The van der Waals surface area contributed by atoms with E-state index in [4.69, 9.17) is 0 Å². The molecule has 0 saturated carbocycles. The van der Waals surface area contributed by atoms with E-state index in [1.165, 1.54) is 19.7 Å². The third-order valence-corrected chi connectivity index (χ3v) is 3.40. The smallest absolute Gasteiger partial charge is 0.346 e. The van der Waals surface area contributed by atoms with Crippen molar-refractivity contribution >= 4 is 5.82 Å². The molecule has 0 radical (unpaired) electrons. The highest BCUT2D eigenvalue weighted by Crippen LogP contribution is 2.02. The summed E-state index contributed by atoms with van der Waals surface area (Å²) in [6.45, 7) is 2.16. The van der Waals surface area contributed by atoms with Gasteiger partial charge in [-0.3, -0.25) is 9.36 Å². The number of likely N-dealkylation sites (N-methyl/N-ethyl adjacent to an activating group) is 1. The number of hydrogen-bond donors (Lipinski definition) is 1. The van der Waals surface area contributed by atoms with Gasteiger partial charge >= 0.3 is 5.69 Å². The Labute approximate surface area is 128 Å². The molecule has 0 fully saturated rings. The molecule has 0 aliphatic carbocycles. The highest BCUT2D eigenvalue weighted by molar-refractivity contribution is 5.29. The molecule has 0 saturated heterocycles. The first kappa shape index (κ1) is 16.0. The Kier molecular flexibility index (Phi) is 5.11. The second-order valence-corrected chi connectivity index (χ2v) is 5.27. The van der Waals surface area contributed by atoms with Gasteiger partial charge in [-0.1, -0.05) is 30.3 Å². The first-order valence-electron chi connectivity index (χ1n) is 7.09. The minimum Gasteiger partial charge on any atom is -0.363 e. The summed E-state index contributed by atoms with van der Waals surface area (Å²) in [4.78, 5) is 25.6. The largest absolute Gasteiger partial charge is 0.363 e. The molecule has 1 heterocycles. The third kappa shape index (κ3) is 3.82. The average molecular weight is 303 g/mol. The van der Waals surface area contributed by atoms with Gasteiger partial charge in [0.2, 0.25) is 5.82 Å². The zero-order chi connectivity index (χ0) is 16.1. The Balaban J connectivity index is 1.92. The Morgan fingerprint density at radius 3 is 2.55 bits per heavy atom. The van der Waals surface area contributed by atoms with Crippen molar-refractivity contribution in [2.24, 2.45) is 14.1 Å². The Bertz CT molecular complexity index is 736. The van der Waals surface area contributed by atoms with Gasteiger partial charge in [-0.25, -0.2) is 9.48 Å². The number of hydrogen-bond acceptors (Lipinski definition) is 5. The van der Waals surface area contributed by atoms with Gasteiger partial charge in [0.1, 0.15) is 0 Å². The van der Waals surface area contributed by atoms with Gasteiger partial charge < -0.3 is 10.2 Å². The molecule has 1 aromatic carbocycles. The molecule has 7 heteroatoms. The molecule has 0 bridgehead atoms. The predicted octanol–water partition coefficient (Wildman–Crippen LogP) is 0.0229. The van der Waals surface area contributed by atoms with E-state index in [9.17, 15) is 9.59 Å². The summed E-state index contributed by atoms with van der Waals surface area (Å²) in [6.07, 6.45) is 0. The minimum atomic E-state index is -0.434. The summed E-state index contributed by atoms with van der Waals surface area (Å²) < 4.78 is 2.19. The van der Waals surface area contributed by atoms with E-state index >= 15 is 0 Å². The van der Waals surface area contributed by atoms with Gasteiger partial charge in [0, 0.05) is 33.7 Å². The van der Waals surface area contributed by atoms with Crippen molar-refractivity contribution in [1.29, 1.82) is 0 Å². The fourth-order valence-electron chi connectivity index (χ4n) is 2.15. The van der Waals surface area contributed by atoms with Crippen LogP contribution in [0.4, 0.5) is 5.82 Å². The normalized spacial score (nSPS) is 10.9. The van der Waals surface area contributed by atoms with Crippen molar-refractivity contribution in [3.8, 4) is 0 Å². The standard InChI is InChI=1S/C15H21N5O2/c1-18(11-12-7-5-4-6-8-12)10-9-16-13-14(21)19(2)15(22)20(3)17-13/h4-8H,9-11H2,1-3H3,(H,16,17). The van der Waals surface area contributed by atoms with E-state index in [2.05, 4.69) is 27.4 Å². The molecule has 0 amide bonds. The first-order valence-corrected chi connectivity index (χ1v) is 7.09. The zero-order valence-corrected chi connectivity index (χ0v) is 13.1. The van der Waals surface area contributed by atoms with E-state index in [1.54, 1.807) is 0 Å². The van der Waals surface area contributed by atoms with Crippen molar-refractivity contribution in [3.05, 3.63) is 56.7 Å². The number of nitrogens with one attached hydrogen (secondary N) is 1. The van der Waals surface area contributed by atoms with Crippen molar-refractivity contribution in [2.45, 2.75) is 6.54 Å². The van der Waals surface area contributed by atoms with Gasteiger partial charge in [0.05, 0.1) is 0 Å². The van der Waals surface area contributed by atoms with Crippen LogP contribution in [0.15, 0.2) is 39.9 Å². The van der Waals surface area contributed by atoms with Gasteiger partial charge in [-0.15, -0.1) is 5.10 Å². The van der Waals surface area contributed by atoms with Crippen LogP contribution in [0, 0.1) is 0 Å². The summed E-state index contributed by atoms with van der Waals surface area (Å²) in [7, 11) is 4.98. The SMILES string of the molecule is CN(CCNc1nn(C)c(=O)n(C)c1=O)Cc1ccccc1. The van der Waals surface area contributed by atoms with Crippen molar-refractivity contribution in [1.82, 2.24) is 19.2 Å². The van der Waals surface area contributed by atoms with Gasteiger partial charge in [0.15, 0.2) is 0 Å². The summed E-state index contributed by atoms with van der Waals surface area (Å²) in [6, 6.07) is 10.2. The van der Waals surface area contributed by atoms with Crippen LogP contribution in [0.2, 0.25) is 0 Å². The van der Waals surface area contributed by atoms with E-state index < -0.39 is 11.2 Å². The van der Waals surface area contributed by atoms with E-state index in [-0.39, 0.29) is 5.82 Å². The topological polar surface area (TPSA) is 72.2 Å². The highest BCUT2D eigenvalue weighted by atomic mass is 16.2. The molecule has 0 atom stereocenters. The molecule has 0 spiro atoms. The van der Waals surface area contributed by atoms with Crippen molar-refractivity contribution in [2.75, 3.05) is 25.5 Å². The maximum Gasteiger partial charge on any atom is 0.346 e. The maximum atomic E-state index is 11.9. The number of anilines is 1. The third-order valence-electron chi connectivity index (χ3n) is 3.40. The van der Waals surface area contributed by atoms with Gasteiger partial charge in [0.25, 0.3) is 5.56 Å². The molecule has 22 heavy (non-hydrogen) atoms. The van der Waals surface area contributed by atoms with Crippen LogP contribution in [-0.2, 0) is 20.6 Å². The van der Waals surface area contributed by atoms with Crippen molar-refractivity contribution in [3.63, 3.8) is 0 Å². The van der Waals surface area contributed by atoms with E-state index in [0.717, 1.165) is 22.3 Å². The van der Waals surface area contributed by atoms with Crippen LogP contribution in [0.25, 0.3) is 0 Å². The van der Waals surface area contributed by atoms with E-state index in [0.29, 0.717) is 6.54 Å². The van der Waals surface area contributed by atoms with Crippen LogP contribution >= 0.6 is 0 Å². The predicted molar refractivity (Wildman–Crippen MR) is 86.0 cm³/mol. The molecule has 0 aliphatic rings. The molecule has 7 nitrogen and oxygen atoms in total. The molecule has 0 aliphatic heterocycles. The molecule has 118 valence electrons. The molecule has 1 aromatic heterocycles. The highest BCUT2D eigenvalue weighted by Gasteiger charge is 2.08. The summed E-state index contributed by atoms with van der Waals surface area (Å²) >= 11 is 0. The van der Waals surface area contributed by atoms with E-state index in [1.807, 2.05) is 25.2 Å². The average Bonchev–Trinajstić information content (AvgIpc) is 2.51. The van der Waals surface area contributed by atoms with Crippen molar-refractivity contribution < 1.29 is 0 Å². The summed E-state index contributed by atoms with van der Waals surface area (Å²) in [5, 5.41) is 6.95. The fraction of sp³-hybridized carbons (Fsp3) is 0.400. The molecule has 2 rings (SSSR count). The summed E-state index contributed by atoms with van der Waals surface area (Å²) in [5.41, 5.74) is 0.395. The van der Waals surface area contributed by atoms with Crippen LogP contribution < -0.4 is 16.6 Å². The number of aryl methyl sites for hydroxylation is 1. The minimum absolute atomic E-state index is 0.192. The quantitative estimate of drug-likeness (QED) is 0.815. The van der Waals surface area contributed by atoms with Gasteiger partial charge in [-0.2, -0.15) is 0 Å². The number of benzene rings is 1. The molecule has 2 aromatic rings. The Morgan fingerprint density at radius 1 is 1.18 bits per heavy atom. The zero-order valence-electron chi connectivity index (χ0n) is 13.1. The number of aromatic nitrogens is 3. The lowest BCUT2D eigenvalue weighted by Crippen LogP contribution is -2.40. The fourth-order valence-corrected chi connectivity index (χ4v) is 2.15. The van der Waals surface area contributed by atoms with Crippen LogP contribution in [0.1, 0.15) is 5.56 Å². The Hall–Kier alpha value is -2.41. The van der Waals surface area contributed by atoms with Crippen LogP contribution in [0.5, 0.6) is 0 Å². The molecule has 1 N–H and O–H groups in total. The lowest BCUT2D eigenvalue weighted by atomic mass is 10.2. The lowest BCUT2D eigenvalue weighted by Gasteiger charge is -2.17. The Morgan fingerprint density at radius 2 is 1.86 bits per heavy atom. The summed E-state index contributed by atoms with van der Waals surface area (Å²) in [5.74, 6) is 0.192. The lowest BCUT2D eigenvalue weighted by molar-refractivity contribution is 0.339. The second-order valence-electron chi connectivity index (χ2n) is 5.27. The van der Waals surface area contributed by atoms with Gasteiger partial charge in [-0.05, 0) is 12.6 Å². The molecule has 0 unspecified atom stereocenters. The molecular weight excluding hydrogens is 282 g/mol. The number of nitrogens with zero attached hydrogens (tertiary/aromatic N) is 4. The second kappa shape index (κ2) is 7.04. The van der Waals surface area contributed by atoms with Crippen LogP contribution in [0.3, 0.4) is 0 Å². The van der Waals surface area contributed by atoms with Crippen LogP contribution in [-0.4, -0.2) is 39.4 Å². The molecular formula is C15H21N5O2. The maximum absolute atomic E-state index is 11.9. The monoisotopic (exact) mass is 303 g/mol. The number of rotatable bonds is 6.